The largest absolute Gasteiger partial charge is 0.356 e. The van der Waals surface area contributed by atoms with Gasteiger partial charge in [0.15, 0.2) is 0 Å². The van der Waals surface area contributed by atoms with Gasteiger partial charge in [0, 0.05) is 39.0 Å². The van der Waals surface area contributed by atoms with Crippen LogP contribution in [-0.2, 0) is 32.6 Å². The van der Waals surface area contributed by atoms with Gasteiger partial charge in [0.25, 0.3) is 0 Å². The summed E-state index contributed by atoms with van der Waals surface area (Å²) in [5, 5.41) is 5.58. The number of rotatable bonds is 10. The molecule has 2 aromatic rings. The van der Waals surface area contributed by atoms with Crippen LogP contribution < -0.4 is 10.6 Å². The Morgan fingerprint density at radius 1 is 0.806 bits per heavy atom. The van der Waals surface area contributed by atoms with E-state index in [-0.39, 0.29) is 31.2 Å². The molecule has 2 amide bonds. The van der Waals surface area contributed by atoms with E-state index in [9.17, 15) is 18.0 Å². The van der Waals surface area contributed by atoms with E-state index < -0.39 is 10.0 Å². The van der Waals surface area contributed by atoms with Crippen molar-refractivity contribution in [3.63, 3.8) is 0 Å². The van der Waals surface area contributed by atoms with Gasteiger partial charge in [0.2, 0.25) is 21.8 Å². The van der Waals surface area contributed by atoms with Crippen LogP contribution in [0.1, 0.15) is 36.8 Å². The van der Waals surface area contributed by atoms with Gasteiger partial charge < -0.3 is 10.6 Å². The van der Waals surface area contributed by atoms with E-state index in [1.807, 2.05) is 30.3 Å². The van der Waals surface area contributed by atoms with Crippen molar-refractivity contribution < 1.29 is 18.0 Å². The lowest BCUT2D eigenvalue weighted by atomic mass is 10.1. The van der Waals surface area contributed by atoms with Gasteiger partial charge in [-0.2, -0.15) is 4.31 Å². The maximum absolute atomic E-state index is 12.5. The number of hydrogen-bond donors (Lipinski definition) is 2. The summed E-state index contributed by atoms with van der Waals surface area (Å²) in [7, 11) is -3.41. The van der Waals surface area contributed by atoms with Gasteiger partial charge in [0.05, 0.1) is 4.90 Å². The van der Waals surface area contributed by atoms with Gasteiger partial charge in [-0.15, -0.1) is 0 Å². The molecule has 0 bridgehead atoms. The fourth-order valence-corrected chi connectivity index (χ4v) is 4.97. The molecule has 1 aliphatic rings. The zero-order chi connectivity index (χ0) is 22.1. The summed E-state index contributed by atoms with van der Waals surface area (Å²) < 4.78 is 26.6. The number of carbonyl (C=O) groups excluding carboxylic acids is 2. The zero-order valence-electron chi connectivity index (χ0n) is 17.5. The van der Waals surface area contributed by atoms with Crippen LogP contribution >= 0.6 is 0 Å². The lowest BCUT2D eigenvalue weighted by Crippen LogP contribution is -2.30. The first-order valence-corrected chi connectivity index (χ1v) is 12.1. The standard InChI is InChI=1S/C23H29N3O4S/c27-22(24-15-14-23(28)25-18-20-6-2-1-3-7-20)13-10-19-8-11-21(12-9-19)31(29,30)26-16-4-5-17-26/h1-3,6-9,11-12H,4-5,10,13-18H2,(H,24,27)(H,25,28). The average Bonchev–Trinajstić information content (AvgIpc) is 3.33. The van der Waals surface area contributed by atoms with Crippen molar-refractivity contribution in [2.75, 3.05) is 19.6 Å². The molecule has 8 heteroatoms. The topological polar surface area (TPSA) is 95.6 Å². The van der Waals surface area contributed by atoms with E-state index in [2.05, 4.69) is 10.6 Å². The molecular formula is C23H29N3O4S. The number of benzene rings is 2. The lowest BCUT2D eigenvalue weighted by Gasteiger charge is -2.15. The first-order chi connectivity index (χ1) is 14.9. The summed E-state index contributed by atoms with van der Waals surface area (Å²) in [5.74, 6) is -0.247. The van der Waals surface area contributed by atoms with Crippen LogP contribution in [0.25, 0.3) is 0 Å². The van der Waals surface area contributed by atoms with Crippen LogP contribution in [0.5, 0.6) is 0 Å². The van der Waals surface area contributed by atoms with Gasteiger partial charge in [0.1, 0.15) is 0 Å². The maximum atomic E-state index is 12.5. The number of amides is 2. The Morgan fingerprint density at radius 2 is 1.45 bits per heavy atom. The summed E-state index contributed by atoms with van der Waals surface area (Å²) in [6.07, 6.45) is 2.82. The quantitative estimate of drug-likeness (QED) is 0.589. The fourth-order valence-electron chi connectivity index (χ4n) is 3.45. The summed E-state index contributed by atoms with van der Waals surface area (Å²) in [5.41, 5.74) is 1.93. The van der Waals surface area contributed by atoms with Gasteiger partial charge in [-0.25, -0.2) is 8.42 Å². The van der Waals surface area contributed by atoms with E-state index in [1.165, 1.54) is 4.31 Å². The molecule has 0 atom stereocenters. The van der Waals surface area contributed by atoms with Crippen molar-refractivity contribution in [3.8, 4) is 0 Å². The molecule has 0 aliphatic carbocycles. The highest BCUT2D eigenvalue weighted by molar-refractivity contribution is 7.89. The minimum Gasteiger partial charge on any atom is -0.356 e. The second-order valence-corrected chi connectivity index (χ2v) is 9.56. The van der Waals surface area contributed by atoms with Crippen molar-refractivity contribution in [2.45, 2.75) is 43.5 Å². The normalized spacial score (nSPS) is 14.3. The average molecular weight is 444 g/mol. The fraction of sp³-hybridized carbons (Fsp3) is 0.391. The highest BCUT2D eigenvalue weighted by Gasteiger charge is 2.26. The number of hydrogen-bond acceptors (Lipinski definition) is 4. The SMILES string of the molecule is O=C(CCc1ccc(S(=O)(=O)N2CCCC2)cc1)NCCC(=O)NCc1ccccc1. The first-order valence-electron chi connectivity index (χ1n) is 10.6. The Balaban J connectivity index is 1.35. The van der Waals surface area contributed by atoms with Crippen molar-refractivity contribution in [3.05, 3.63) is 65.7 Å². The third kappa shape index (κ3) is 6.90. The van der Waals surface area contributed by atoms with E-state index in [0.29, 0.717) is 31.0 Å². The summed E-state index contributed by atoms with van der Waals surface area (Å²) in [6, 6.07) is 16.4. The van der Waals surface area contributed by atoms with Crippen LogP contribution in [0, 0.1) is 0 Å². The van der Waals surface area contributed by atoms with Crippen molar-refractivity contribution in [2.24, 2.45) is 0 Å². The number of aryl methyl sites for hydroxylation is 1. The second kappa shape index (κ2) is 11.1. The molecule has 0 radical (unpaired) electrons. The first kappa shape index (κ1) is 23.0. The van der Waals surface area contributed by atoms with Gasteiger partial charge >= 0.3 is 0 Å². The minimum atomic E-state index is -3.41. The molecular weight excluding hydrogens is 414 g/mol. The van der Waals surface area contributed by atoms with Crippen LogP contribution in [0.15, 0.2) is 59.5 Å². The number of sulfonamides is 1. The van der Waals surface area contributed by atoms with Gasteiger partial charge in [-0.1, -0.05) is 42.5 Å². The molecule has 0 aromatic heterocycles. The number of nitrogens with zero attached hydrogens (tertiary/aromatic N) is 1. The molecule has 0 spiro atoms. The molecule has 31 heavy (non-hydrogen) atoms. The molecule has 166 valence electrons. The Morgan fingerprint density at radius 3 is 2.13 bits per heavy atom. The lowest BCUT2D eigenvalue weighted by molar-refractivity contribution is -0.122. The Labute approximate surface area is 183 Å². The molecule has 7 nitrogen and oxygen atoms in total. The molecule has 0 saturated carbocycles. The van der Waals surface area contributed by atoms with Crippen LogP contribution in [0.2, 0.25) is 0 Å². The van der Waals surface area contributed by atoms with Crippen LogP contribution in [0.4, 0.5) is 0 Å². The van der Waals surface area contributed by atoms with Gasteiger partial charge in [-0.05, 0) is 42.5 Å². The predicted octanol–water partition coefficient (Wildman–Crippen LogP) is 2.23. The van der Waals surface area contributed by atoms with E-state index in [4.69, 9.17) is 0 Å². The summed E-state index contributed by atoms with van der Waals surface area (Å²) in [4.78, 5) is 24.2. The Hall–Kier alpha value is -2.71. The molecule has 1 saturated heterocycles. The van der Waals surface area contributed by atoms with Crippen LogP contribution in [0.3, 0.4) is 0 Å². The summed E-state index contributed by atoms with van der Waals surface area (Å²) in [6.45, 7) is 1.91. The third-order valence-corrected chi connectivity index (χ3v) is 7.19. The van der Waals surface area contributed by atoms with Crippen molar-refractivity contribution >= 4 is 21.8 Å². The molecule has 1 fully saturated rings. The Bertz CT molecular complexity index is 970. The minimum absolute atomic E-state index is 0.112. The van der Waals surface area contributed by atoms with E-state index >= 15 is 0 Å². The number of nitrogens with one attached hydrogen (secondary N) is 2. The maximum Gasteiger partial charge on any atom is 0.243 e. The highest BCUT2D eigenvalue weighted by atomic mass is 32.2. The monoisotopic (exact) mass is 443 g/mol. The smallest absolute Gasteiger partial charge is 0.243 e. The number of carbonyl (C=O) groups is 2. The van der Waals surface area contributed by atoms with E-state index in [0.717, 1.165) is 24.0 Å². The van der Waals surface area contributed by atoms with E-state index in [1.54, 1.807) is 24.3 Å². The molecule has 1 heterocycles. The molecule has 1 aliphatic heterocycles. The Kier molecular flexibility index (Phi) is 8.20. The molecule has 2 aromatic carbocycles. The summed E-state index contributed by atoms with van der Waals surface area (Å²) >= 11 is 0. The molecule has 0 unspecified atom stereocenters. The van der Waals surface area contributed by atoms with Crippen molar-refractivity contribution in [1.82, 2.24) is 14.9 Å². The van der Waals surface area contributed by atoms with Crippen LogP contribution in [-0.4, -0.2) is 44.2 Å². The predicted molar refractivity (Wildman–Crippen MR) is 119 cm³/mol. The zero-order valence-corrected chi connectivity index (χ0v) is 18.4. The second-order valence-electron chi connectivity index (χ2n) is 7.62. The van der Waals surface area contributed by atoms with Crippen molar-refractivity contribution in [1.29, 1.82) is 0 Å². The highest BCUT2D eigenvalue weighted by Crippen LogP contribution is 2.21. The molecule has 2 N–H and O–H groups in total. The van der Waals surface area contributed by atoms with Gasteiger partial charge in [-0.3, -0.25) is 9.59 Å². The third-order valence-electron chi connectivity index (χ3n) is 5.27. The molecule has 3 rings (SSSR count).